The summed E-state index contributed by atoms with van der Waals surface area (Å²) >= 11 is 1.51. The summed E-state index contributed by atoms with van der Waals surface area (Å²) in [6.07, 6.45) is 1.31. The van der Waals surface area contributed by atoms with Crippen molar-refractivity contribution in [3.8, 4) is 0 Å². The summed E-state index contributed by atoms with van der Waals surface area (Å²) in [5.41, 5.74) is 0.823. The van der Waals surface area contributed by atoms with E-state index in [0.29, 0.717) is 18.7 Å². The van der Waals surface area contributed by atoms with E-state index in [1.165, 1.54) is 11.8 Å². The number of hydrogen-bond acceptors (Lipinski definition) is 3. The third-order valence-corrected chi connectivity index (χ3v) is 5.47. The van der Waals surface area contributed by atoms with E-state index in [9.17, 15) is 9.59 Å². The van der Waals surface area contributed by atoms with Gasteiger partial charge in [-0.2, -0.15) is 0 Å². The Morgan fingerprint density at radius 1 is 1.00 bits per heavy atom. The average molecular weight is 413 g/mol. The van der Waals surface area contributed by atoms with Gasteiger partial charge in [0, 0.05) is 17.0 Å². The first-order valence-corrected chi connectivity index (χ1v) is 11.1. The lowest BCUT2D eigenvalue weighted by Gasteiger charge is -2.33. The smallest absolute Gasteiger partial charge is 0.243 e. The average Bonchev–Trinajstić information content (AvgIpc) is 2.69. The minimum absolute atomic E-state index is 0.00862. The van der Waals surface area contributed by atoms with E-state index in [2.05, 4.69) is 17.4 Å². The molecule has 5 heteroatoms. The third-order valence-electron chi connectivity index (χ3n) is 4.47. The number of carbonyl (C=O) groups is 2. The molecule has 2 rings (SSSR count). The van der Waals surface area contributed by atoms with Crippen LogP contribution in [0.2, 0.25) is 0 Å². The van der Waals surface area contributed by atoms with Crippen molar-refractivity contribution < 1.29 is 9.59 Å². The molecular formula is C24H32N2O2S. The van der Waals surface area contributed by atoms with E-state index in [1.54, 1.807) is 4.90 Å². The van der Waals surface area contributed by atoms with Crippen LogP contribution in [0.3, 0.4) is 0 Å². The molecule has 0 fully saturated rings. The van der Waals surface area contributed by atoms with Gasteiger partial charge in [0.1, 0.15) is 6.04 Å². The normalized spacial score (nSPS) is 12.3. The van der Waals surface area contributed by atoms with E-state index >= 15 is 0 Å². The Morgan fingerprint density at radius 2 is 1.59 bits per heavy atom. The molecule has 156 valence electrons. The molecule has 2 aromatic carbocycles. The Hall–Kier alpha value is -2.27. The standard InChI is InChI=1S/C24H32N2O2S/c1-5-21(23(28)25-24(2,3)4)26(17-16-19-12-8-6-9-13-19)22(27)18-29-20-14-10-7-11-15-20/h6-15,21H,5,16-18H2,1-4H3,(H,25,28)/t21-/m1/s1. The highest BCUT2D eigenvalue weighted by atomic mass is 32.2. The van der Waals surface area contributed by atoms with Gasteiger partial charge in [0.15, 0.2) is 0 Å². The Bertz CT molecular complexity index is 772. The van der Waals surface area contributed by atoms with Gasteiger partial charge in [-0.3, -0.25) is 9.59 Å². The maximum atomic E-state index is 13.1. The van der Waals surface area contributed by atoms with Crippen LogP contribution in [0.15, 0.2) is 65.6 Å². The highest BCUT2D eigenvalue weighted by Crippen LogP contribution is 2.19. The van der Waals surface area contributed by atoms with Gasteiger partial charge in [-0.05, 0) is 51.3 Å². The van der Waals surface area contributed by atoms with Crippen molar-refractivity contribution >= 4 is 23.6 Å². The number of carbonyl (C=O) groups excluding carboxylic acids is 2. The second-order valence-electron chi connectivity index (χ2n) is 8.09. The van der Waals surface area contributed by atoms with Crippen molar-refractivity contribution in [1.29, 1.82) is 0 Å². The molecule has 0 aliphatic carbocycles. The summed E-state index contributed by atoms with van der Waals surface area (Å²) < 4.78 is 0. The lowest BCUT2D eigenvalue weighted by Crippen LogP contribution is -2.54. The second kappa shape index (κ2) is 11.1. The molecule has 0 saturated carbocycles. The Morgan fingerprint density at radius 3 is 2.14 bits per heavy atom. The summed E-state index contributed by atoms with van der Waals surface area (Å²) in [6.45, 7) is 8.35. The fourth-order valence-electron chi connectivity index (χ4n) is 3.09. The van der Waals surface area contributed by atoms with Gasteiger partial charge in [-0.1, -0.05) is 55.5 Å². The van der Waals surface area contributed by atoms with Crippen molar-refractivity contribution in [2.75, 3.05) is 12.3 Å². The molecule has 4 nitrogen and oxygen atoms in total. The van der Waals surface area contributed by atoms with Gasteiger partial charge in [0.2, 0.25) is 11.8 Å². The molecule has 0 aliphatic rings. The van der Waals surface area contributed by atoms with Gasteiger partial charge in [0.05, 0.1) is 5.75 Å². The SMILES string of the molecule is CC[C@H](C(=O)NC(C)(C)C)N(CCc1ccccc1)C(=O)CSc1ccccc1. The summed E-state index contributed by atoms with van der Waals surface area (Å²) in [5, 5.41) is 3.04. The number of thioether (sulfide) groups is 1. The molecule has 2 aromatic rings. The molecule has 0 saturated heterocycles. The van der Waals surface area contributed by atoms with Gasteiger partial charge in [-0.15, -0.1) is 11.8 Å². The van der Waals surface area contributed by atoms with Crippen LogP contribution in [0.1, 0.15) is 39.7 Å². The number of rotatable bonds is 9. The Kier molecular flexibility index (Phi) is 8.77. The predicted molar refractivity (Wildman–Crippen MR) is 121 cm³/mol. The zero-order valence-corrected chi connectivity index (χ0v) is 18.7. The fraction of sp³-hybridized carbons (Fsp3) is 0.417. The van der Waals surface area contributed by atoms with E-state index in [0.717, 1.165) is 16.9 Å². The van der Waals surface area contributed by atoms with E-state index in [1.807, 2.05) is 76.2 Å². The largest absolute Gasteiger partial charge is 0.350 e. The maximum Gasteiger partial charge on any atom is 0.243 e. The lowest BCUT2D eigenvalue weighted by atomic mass is 10.1. The van der Waals surface area contributed by atoms with Crippen LogP contribution in [0.25, 0.3) is 0 Å². The quantitative estimate of drug-likeness (QED) is 0.615. The van der Waals surface area contributed by atoms with Crippen molar-refractivity contribution in [2.45, 2.75) is 57.0 Å². The number of nitrogens with zero attached hydrogens (tertiary/aromatic N) is 1. The van der Waals surface area contributed by atoms with Gasteiger partial charge >= 0.3 is 0 Å². The van der Waals surface area contributed by atoms with Crippen molar-refractivity contribution in [1.82, 2.24) is 10.2 Å². The summed E-state index contributed by atoms with van der Waals surface area (Å²) in [6, 6.07) is 19.5. The van der Waals surface area contributed by atoms with Crippen molar-refractivity contribution in [2.24, 2.45) is 0 Å². The topological polar surface area (TPSA) is 49.4 Å². The maximum absolute atomic E-state index is 13.1. The molecule has 0 radical (unpaired) electrons. The number of nitrogens with one attached hydrogen (secondary N) is 1. The highest BCUT2D eigenvalue weighted by molar-refractivity contribution is 8.00. The minimum Gasteiger partial charge on any atom is -0.350 e. The van der Waals surface area contributed by atoms with E-state index < -0.39 is 6.04 Å². The van der Waals surface area contributed by atoms with Crippen molar-refractivity contribution in [3.05, 3.63) is 66.2 Å². The van der Waals surface area contributed by atoms with Crippen LogP contribution < -0.4 is 5.32 Å². The first kappa shape index (κ1) is 23.0. The van der Waals surface area contributed by atoms with Crippen LogP contribution in [0, 0.1) is 0 Å². The molecule has 2 amide bonds. The molecule has 1 N–H and O–H groups in total. The van der Waals surface area contributed by atoms with E-state index in [-0.39, 0.29) is 17.4 Å². The van der Waals surface area contributed by atoms with Crippen LogP contribution >= 0.6 is 11.8 Å². The fourth-order valence-corrected chi connectivity index (χ4v) is 3.90. The zero-order valence-electron chi connectivity index (χ0n) is 17.9. The zero-order chi connectivity index (χ0) is 21.3. The number of hydrogen-bond donors (Lipinski definition) is 1. The Labute approximate surface area is 179 Å². The van der Waals surface area contributed by atoms with Gasteiger partial charge < -0.3 is 10.2 Å². The molecule has 0 bridgehead atoms. The molecule has 0 aliphatic heterocycles. The summed E-state index contributed by atoms with van der Waals surface area (Å²) in [4.78, 5) is 28.8. The molecule has 29 heavy (non-hydrogen) atoms. The Balaban J connectivity index is 2.13. The summed E-state index contributed by atoms with van der Waals surface area (Å²) in [5.74, 6) is 0.217. The lowest BCUT2D eigenvalue weighted by molar-refractivity contribution is -0.139. The molecular weight excluding hydrogens is 380 g/mol. The minimum atomic E-state index is -0.471. The monoisotopic (exact) mass is 412 g/mol. The molecule has 0 aromatic heterocycles. The van der Waals surface area contributed by atoms with Crippen LogP contribution in [-0.4, -0.2) is 40.6 Å². The molecule has 0 spiro atoms. The van der Waals surface area contributed by atoms with Gasteiger partial charge in [0.25, 0.3) is 0 Å². The number of benzene rings is 2. The summed E-state index contributed by atoms with van der Waals surface area (Å²) in [7, 11) is 0. The molecule has 1 atom stereocenters. The van der Waals surface area contributed by atoms with Crippen molar-refractivity contribution in [3.63, 3.8) is 0 Å². The third kappa shape index (κ3) is 7.94. The number of amides is 2. The van der Waals surface area contributed by atoms with Crippen LogP contribution in [-0.2, 0) is 16.0 Å². The second-order valence-corrected chi connectivity index (χ2v) is 9.14. The van der Waals surface area contributed by atoms with Gasteiger partial charge in [-0.25, -0.2) is 0 Å². The first-order chi connectivity index (χ1) is 13.8. The van der Waals surface area contributed by atoms with Crippen LogP contribution in [0.5, 0.6) is 0 Å². The first-order valence-electron chi connectivity index (χ1n) is 10.1. The highest BCUT2D eigenvalue weighted by Gasteiger charge is 2.30. The predicted octanol–water partition coefficient (Wildman–Crippen LogP) is 4.54. The van der Waals surface area contributed by atoms with Crippen LogP contribution in [0.4, 0.5) is 0 Å². The van der Waals surface area contributed by atoms with E-state index in [4.69, 9.17) is 0 Å². The molecule has 0 heterocycles. The molecule has 0 unspecified atom stereocenters.